The van der Waals surface area contributed by atoms with Gasteiger partial charge in [0.1, 0.15) is 0 Å². The average molecular weight is 263 g/mol. The summed E-state index contributed by atoms with van der Waals surface area (Å²) in [5, 5.41) is 3.52. The molecule has 0 heterocycles. The van der Waals surface area contributed by atoms with Gasteiger partial charge in [-0.15, -0.1) is 0 Å². The van der Waals surface area contributed by atoms with Crippen LogP contribution in [0.3, 0.4) is 0 Å². The van der Waals surface area contributed by atoms with E-state index in [1.165, 1.54) is 12.0 Å². The quantitative estimate of drug-likeness (QED) is 0.650. The predicted molar refractivity (Wildman–Crippen MR) is 82.5 cm³/mol. The second-order valence-corrected chi connectivity index (χ2v) is 5.21. The fourth-order valence-electron chi connectivity index (χ4n) is 2.20. The molecule has 0 aliphatic carbocycles. The molecule has 0 saturated carbocycles. The van der Waals surface area contributed by atoms with Gasteiger partial charge in [-0.05, 0) is 30.9 Å². The highest BCUT2D eigenvalue weighted by atomic mass is 16.5. The van der Waals surface area contributed by atoms with Crippen LogP contribution in [0.25, 0.3) is 0 Å². The Labute approximate surface area is 118 Å². The van der Waals surface area contributed by atoms with Crippen molar-refractivity contribution in [3.63, 3.8) is 0 Å². The highest BCUT2D eigenvalue weighted by molar-refractivity contribution is 5.14. The lowest BCUT2D eigenvalue weighted by Crippen LogP contribution is -2.38. The maximum Gasteiger partial charge on any atom is 0.0622 e. The normalized spacial score (nSPS) is 14.3. The van der Waals surface area contributed by atoms with E-state index in [9.17, 15) is 0 Å². The van der Waals surface area contributed by atoms with Crippen molar-refractivity contribution < 1.29 is 4.74 Å². The van der Waals surface area contributed by atoms with E-state index in [0.29, 0.717) is 12.0 Å². The first-order valence-electron chi connectivity index (χ1n) is 7.63. The van der Waals surface area contributed by atoms with Crippen molar-refractivity contribution in [1.82, 2.24) is 5.32 Å². The molecule has 2 heteroatoms. The monoisotopic (exact) mass is 263 g/mol. The average Bonchev–Trinajstić information content (AvgIpc) is 2.46. The van der Waals surface area contributed by atoms with Gasteiger partial charge >= 0.3 is 0 Å². The molecule has 0 saturated heterocycles. The molecule has 1 aromatic rings. The maximum atomic E-state index is 5.83. The molecule has 0 aliphatic heterocycles. The molecule has 108 valence electrons. The fourth-order valence-corrected chi connectivity index (χ4v) is 2.20. The Bertz CT molecular complexity index is 312. The number of hydrogen-bond donors (Lipinski definition) is 1. The molecule has 2 atom stereocenters. The summed E-state index contributed by atoms with van der Waals surface area (Å²) in [6.07, 6.45) is 3.41. The van der Waals surface area contributed by atoms with E-state index in [0.717, 1.165) is 32.6 Å². The van der Waals surface area contributed by atoms with E-state index in [2.05, 4.69) is 56.4 Å². The number of aryl methyl sites for hydroxylation is 1. The van der Waals surface area contributed by atoms with Crippen LogP contribution in [0.5, 0.6) is 0 Å². The molecular formula is C17H29NO. The van der Waals surface area contributed by atoms with E-state index in [1.54, 1.807) is 0 Å². The zero-order chi connectivity index (χ0) is 13.9. The smallest absolute Gasteiger partial charge is 0.0622 e. The number of ether oxygens (including phenoxy) is 1. The molecule has 1 rings (SSSR count). The van der Waals surface area contributed by atoms with Crippen molar-refractivity contribution in [1.29, 1.82) is 0 Å². The second kappa shape index (κ2) is 9.99. The van der Waals surface area contributed by atoms with E-state index >= 15 is 0 Å². The third-order valence-corrected chi connectivity index (χ3v) is 3.69. The minimum atomic E-state index is 0.492. The summed E-state index contributed by atoms with van der Waals surface area (Å²) >= 11 is 0. The first-order valence-corrected chi connectivity index (χ1v) is 7.63. The molecule has 1 aromatic carbocycles. The Balaban J connectivity index is 2.14. The Hall–Kier alpha value is -0.860. The van der Waals surface area contributed by atoms with Crippen LogP contribution in [0, 0.1) is 5.92 Å². The van der Waals surface area contributed by atoms with E-state index < -0.39 is 0 Å². The molecule has 0 aliphatic rings. The summed E-state index contributed by atoms with van der Waals surface area (Å²) in [5.74, 6) is 0.675. The Morgan fingerprint density at radius 3 is 2.53 bits per heavy atom. The molecule has 0 radical (unpaired) electrons. The predicted octanol–water partition coefficient (Wildman–Crippen LogP) is 3.66. The molecule has 0 amide bonds. The van der Waals surface area contributed by atoms with Gasteiger partial charge in [0.15, 0.2) is 0 Å². The summed E-state index contributed by atoms with van der Waals surface area (Å²) in [6, 6.07) is 11.1. The van der Waals surface area contributed by atoms with Gasteiger partial charge in [-0.1, -0.05) is 57.5 Å². The second-order valence-electron chi connectivity index (χ2n) is 5.21. The lowest BCUT2D eigenvalue weighted by molar-refractivity contribution is 0.0937. The molecule has 1 N–H and O–H groups in total. The molecule has 0 spiro atoms. The van der Waals surface area contributed by atoms with Gasteiger partial charge in [-0.3, -0.25) is 0 Å². The van der Waals surface area contributed by atoms with Crippen molar-refractivity contribution in [2.24, 2.45) is 5.92 Å². The summed E-state index contributed by atoms with van der Waals surface area (Å²) in [5.41, 5.74) is 1.40. The Morgan fingerprint density at radius 1 is 1.16 bits per heavy atom. The molecular weight excluding hydrogens is 234 g/mol. The first kappa shape index (κ1) is 16.2. The van der Waals surface area contributed by atoms with E-state index in [-0.39, 0.29) is 0 Å². The fraction of sp³-hybridized carbons (Fsp3) is 0.647. The van der Waals surface area contributed by atoms with Crippen LogP contribution in [0.1, 0.15) is 39.2 Å². The van der Waals surface area contributed by atoms with Crippen LogP contribution < -0.4 is 5.32 Å². The SMILES string of the molecule is CCNC(COCCCc1ccccc1)C(C)CC. The van der Waals surface area contributed by atoms with Crippen molar-refractivity contribution in [3.05, 3.63) is 35.9 Å². The Kier molecular flexibility index (Phi) is 8.52. The van der Waals surface area contributed by atoms with E-state index in [4.69, 9.17) is 4.74 Å². The summed E-state index contributed by atoms with van der Waals surface area (Å²) in [4.78, 5) is 0. The van der Waals surface area contributed by atoms with Gasteiger partial charge < -0.3 is 10.1 Å². The minimum absolute atomic E-state index is 0.492. The van der Waals surface area contributed by atoms with Crippen LogP contribution >= 0.6 is 0 Å². The van der Waals surface area contributed by atoms with Crippen molar-refractivity contribution >= 4 is 0 Å². The lowest BCUT2D eigenvalue weighted by atomic mass is 10.00. The van der Waals surface area contributed by atoms with Gasteiger partial charge in [-0.2, -0.15) is 0 Å². The van der Waals surface area contributed by atoms with Crippen LogP contribution in [0.15, 0.2) is 30.3 Å². The standard InChI is InChI=1S/C17H29NO/c1-4-15(3)17(18-5-2)14-19-13-9-12-16-10-7-6-8-11-16/h6-8,10-11,15,17-18H,4-5,9,12-14H2,1-3H3. The summed E-state index contributed by atoms with van der Waals surface area (Å²) in [6.45, 7) is 9.39. The zero-order valence-corrected chi connectivity index (χ0v) is 12.7. The lowest BCUT2D eigenvalue weighted by Gasteiger charge is -2.23. The number of hydrogen-bond acceptors (Lipinski definition) is 2. The first-order chi connectivity index (χ1) is 9.27. The van der Waals surface area contributed by atoms with Crippen LogP contribution in [0.2, 0.25) is 0 Å². The van der Waals surface area contributed by atoms with Gasteiger partial charge in [-0.25, -0.2) is 0 Å². The molecule has 0 fully saturated rings. The van der Waals surface area contributed by atoms with Gasteiger partial charge in [0.05, 0.1) is 6.61 Å². The highest BCUT2D eigenvalue weighted by Crippen LogP contribution is 2.08. The summed E-state index contributed by atoms with van der Waals surface area (Å²) < 4.78 is 5.83. The molecule has 2 nitrogen and oxygen atoms in total. The van der Waals surface area contributed by atoms with Gasteiger partial charge in [0.2, 0.25) is 0 Å². The van der Waals surface area contributed by atoms with Gasteiger partial charge in [0, 0.05) is 12.6 Å². The summed E-state index contributed by atoms with van der Waals surface area (Å²) in [7, 11) is 0. The van der Waals surface area contributed by atoms with E-state index in [1.807, 2.05) is 0 Å². The number of nitrogens with one attached hydrogen (secondary N) is 1. The number of rotatable bonds is 10. The topological polar surface area (TPSA) is 21.3 Å². The number of likely N-dealkylation sites (N-methyl/N-ethyl adjacent to an activating group) is 1. The maximum absolute atomic E-state index is 5.83. The van der Waals surface area contributed by atoms with Crippen molar-refractivity contribution in [3.8, 4) is 0 Å². The molecule has 2 unspecified atom stereocenters. The third kappa shape index (κ3) is 6.74. The highest BCUT2D eigenvalue weighted by Gasteiger charge is 2.14. The molecule has 19 heavy (non-hydrogen) atoms. The van der Waals surface area contributed by atoms with Crippen molar-refractivity contribution in [2.45, 2.75) is 46.1 Å². The number of benzene rings is 1. The largest absolute Gasteiger partial charge is 0.380 e. The van der Waals surface area contributed by atoms with Crippen LogP contribution in [-0.4, -0.2) is 25.8 Å². The van der Waals surface area contributed by atoms with Crippen molar-refractivity contribution in [2.75, 3.05) is 19.8 Å². The zero-order valence-electron chi connectivity index (χ0n) is 12.7. The van der Waals surface area contributed by atoms with Crippen LogP contribution in [-0.2, 0) is 11.2 Å². The van der Waals surface area contributed by atoms with Gasteiger partial charge in [0.25, 0.3) is 0 Å². The van der Waals surface area contributed by atoms with Crippen LogP contribution in [0.4, 0.5) is 0 Å². The molecule has 0 aromatic heterocycles. The minimum Gasteiger partial charge on any atom is -0.380 e. The third-order valence-electron chi connectivity index (χ3n) is 3.69. The molecule has 0 bridgehead atoms. The Morgan fingerprint density at radius 2 is 1.89 bits per heavy atom.